The molecule has 0 bridgehead atoms. The van der Waals surface area contributed by atoms with Crippen LogP contribution in [0.4, 0.5) is 0 Å². The van der Waals surface area contributed by atoms with Crippen LogP contribution in [-0.2, 0) is 20.8 Å². The summed E-state index contributed by atoms with van der Waals surface area (Å²) in [5, 5.41) is 20.4. The van der Waals surface area contributed by atoms with Crippen LogP contribution in [0.5, 0.6) is 0 Å². The molecule has 8 heteroatoms. The molecule has 1 unspecified atom stereocenters. The van der Waals surface area contributed by atoms with E-state index in [-0.39, 0.29) is 18.8 Å². The van der Waals surface area contributed by atoms with Gasteiger partial charge in [-0.3, -0.25) is 14.8 Å². The number of carbonyl (C=O) groups is 3. The molecule has 132 valence electrons. The number of hydrogen-bond donors (Lipinski definition) is 4. The summed E-state index contributed by atoms with van der Waals surface area (Å²) in [6, 6.07) is 5.91. The van der Waals surface area contributed by atoms with E-state index in [0.717, 1.165) is 4.47 Å². The molecule has 0 radical (unpaired) electrons. The number of amides is 2. The number of hydroxylamine groups is 1. The zero-order valence-electron chi connectivity index (χ0n) is 13.5. The van der Waals surface area contributed by atoms with Crippen LogP contribution in [-0.4, -0.2) is 34.1 Å². The van der Waals surface area contributed by atoms with Crippen molar-refractivity contribution in [3.05, 3.63) is 34.3 Å². The van der Waals surface area contributed by atoms with Crippen molar-refractivity contribution in [3.63, 3.8) is 0 Å². The topological polar surface area (TPSA) is 116 Å². The van der Waals surface area contributed by atoms with Gasteiger partial charge in [-0.1, -0.05) is 41.9 Å². The van der Waals surface area contributed by atoms with Gasteiger partial charge in [0.15, 0.2) is 0 Å². The molecule has 2 atom stereocenters. The highest BCUT2D eigenvalue weighted by Gasteiger charge is 2.30. The van der Waals surface area contributed by atoms with Gasteiger partial charge in [0.05, 0.1) is 0 Å². The number of nitrogens with one attached hydrogen (secondary N) is 2. The normalized spacial score (nSPS) is 13.2. The molecule has 2 amide bonds. The highest BCUT2D eigenvalue weighted by atomic mass is 79.9. The van der Waals surface area contributed by atoms with E-state index < -0.39 is 29.7 Å². The summed E-state index contributed by atoms with van der Waals surface area (Å²) in [5.41, 5.74) is 2.17. The van der Waals surface area contributed by atoms with Gasteiger partial charge in [0.1, 0.15) is 12.0 Å². The molecule has 0 aliphatic carbocycles. The van der Waals surface area contributed by atoms with Gasteiger partial charge in [-0.15, -0.1) is 0 Å². The highest BCUT2D eigenvalue weighted by molar-refractivity contribution is 9.10. The summed E-state index contributed by atoms with van der Waals surface area (Å²) in [6.07, 6.45) is 0.284. The van der Waals surface area contributed by atoms with Gasteiger partial charge in [0, 0.05) is 4.47 Å². The van der Waals surface area contributed by atoms with E-state index in [0.29, 0.717) is 5.56 Å². The highest BCUT2D eigenvalue weighted by Crippen LogP contribution is 2.15. The first-order valence-electron chi connectivity index (χ1n) is 7.46. The number of carbonyl (C=O) groups excluding carboxylic acids is 2. The fraction of sp³-hybridized carbons (Fsp3) is 0.438. The minimum atomic E-state index is -1.23. The SMILES string of the molecule is CC(C)C[C@H](NC(=O)C(Cc1ccc(Br)cc1)C(=O)NO)C(=O)O. The Morgan fingerprint density at radius 1 is 1.12 bits per heavy atom. The molecule has 0 saturated heterocycles. The average Bonchev–Trinajstić information content (AvgIpc) is 2.52. The van der Waals surface area contributed by atoms with Crippen molar-refractivity contribution < 1.29 is 24.7 Å². The van der Waals surface area contributed by atoms with Gasteiger partial charge in [0.25, 0.3) is 5.91 Å². The van der Waals surface area contributed by atoms with Crippen LogP contribution in [0.1, 0.15) is 25.8 Å². The standard InChI is InChI=1S/C16H21BrN2O5/c1-9(2)7-13(16(22)23)18-14(20)12(15(21)19-24)8-10-3-5-11(17)6-4-10/h3-6,9,12-13,24H,7-8H2,1-2H3,(H,18,20)(H,19,21)(H,22,23)/t12?,13-/m0/s1. The Labute approximate surface area is 148 Å². The molecule has 0 aliphatic heterocycles. The molecule has 0 saturated carbocycles. The zero-order chi connectivity index (χ0) is 18.3. The number of rotatable bonds is 8. The van der Waals surface area contributed by atoms with E-state index in [1.54, 1.807) is 24.3 Å². The summed E-state index contributed by atoms with van der Waals surface area (Å²) in [6.45, 7) is 3.67. The maximum atomic E-state index is 12.4. The molecule has 0 aliphatic rings. The van der Waals surface area contributed by atoms with E-state index in [2.05, 4.69) is 21.2 Å². The number of halogens is 1. The largest absolute Gasteiger partial charge is 0.480 e. The van der Waals surface area contributed by atoms with Crippen molar-refractivity contribution in [2.45, 2.75) is 32.7 Å². The molecule has 1 rings (SSSR count). The van der Waals surface area contributed by atoms with E-state index in [1.165, 1.54) is 5.48 Å². The van der Waals surface area contributed by atoms with Crippen molar-refractivity contribution in [2.24, 2.45) is 11.8 Å². The van der Waals surface area contributed by atoms with Crippen molar-refractivity contribution >= 4 is 33.7 Å². The van der Waals surface area contributed by atoms with Crippen molar-refractivity contribution in [1.29, 1.82) is 0 Å². The number of hydrogen-bond acceptors (Lipinski definition) is 4. The summed E-state index contributed by atoms with van der Waals surface area (Å²) in [5.74, 6) is -3.96. The molecule has 0 spiro atoms. The van der Waals surface area contributed by atoms with Gasteiger partial charge in [-0.05, 0) is 36.5 Å². The Balaban J connectivity index is 2.90. The van der Waals surface area contributed by atoms with Crippen LogP contribution < -0.4 is 10.8 Å². The second-order valence-electron chi connectivity index (χ2n) is 5.89. The van der Waals surface area contributed by atoms with E-state index in [4.69, 9.17) is 5.21 Å². The molecule has 24 heavy (non-hydrogen) atoms. The van der Waals surface area contributed by atoms with Crippen molar-refractivity contribution in [2.75, 3.05) is 0 Å². The fourth-order valence-electron chi connectivity index (χ4n) is 2.20. The molecular formula is C16H21BrN2O5. The summed E-state index contributed by atoms with van der Waals surface area (Å²) in [7, 11) is 0. The first-order chi connectivity index (χ1) is 11.2. The van der Waals surface area contributed by atoms with Crippen LogP contribution in [0.25, 0.3) is 0 Å². The van der Waals surface area contributed by atoms with E-state index in [9.17, 15) is 19.5 Å². The number of carboxylic acids is 1. The Morgan fingerprint density at radius 3 is 2.17 bits per heavy atom. The molecule has 4 N–H and O–H groups in total. The minimum Gasteiger partial charge on any atom is -0.480 e. The Kier molecular flexibility index (Phi) is 7.87. The van der Waals surface area contributed by atoms with Gasteiger partial charge < -0.3 is 10.4 Å². The van der Waals surface area contributed by atoms with Gasteiger partial charge >= 0.3 is 5.97 Å². The summed E-state index contributed by atoms with van der Waals surface area (Å²) >= 11 is 3.29. The number of benzene rings is 1. The predicted molar refractivity (Wildman–Crippen MR) is 90.3 cm³/mol. The third kappa shape index (κ3) is 6.29. The summed E-state index contributed by atoms with van der Waals surface area (Å²) in [4.78, 5) is 35.4. The van der Waals surface area contributed by atoms with Crippen molar-refractivity contribution in [3.8, 4) is 0 Å². The Hall–Kier alpha value is -1.93. The zero-order valence-corrected chi connectivity index (χ0v) is 15.0. The maximum Gasteiger partial charge on any atom is 0.326 e. The van der Waals surface area contributed by atoms with Gasteiger partial charge in [-0.2, -0.15) is 0 Å². The van der Waals surface area contributed by atoms with Crippen LogP contribution in [0.2, 0.25) is 0 Å². The first-order valence-corrected chi connectivity index (χ1v) is 8.25. The van der Waals surface area contributed by atoms with E-state index >= 15 is 0 Å². The van der Waals surface area contributed by atoms with Gasteiger partial charge in [-0.25, -0.2) is 10.3 Å². The second-order valence-corrected chi connectivity index (χ2v) is 6.80. The lowest BCUT2D eigenvalue weighted by atomic mass is 9.96. The van der Waals surface area contributed by atoms with Gasteiger partial charge in [0.2, 0.25) is 5.91 Å². The first kappa shape index (κ1) is 20.1. The van der Waals surface area contributed by atoms with Crippen molar-refractivity contribution in [1.82, 2.24) is 10.8 Å². The van der Waals surface area contributed by atoms with E-state index in [1.807, 2.05) is 13.8 Å². The Morgan fingerprint density at radius 2 is 1.71 bits per heavy atom. The second kappa shape index (κ2) is 9.39. The average molecular weight is 401 g/mol. The number of aliphatic carboxylic acids is 1. The monoisotopic (exact) mass is 400 g/mol. The molecule has 0 heterocycles. The quantitative estimate of drug-likeness (QED) is 0.301. The predicted octanol–water partition coefficient (Wildman–Crippen LogP) is 1.73. The molecule has 1 aromatic rings. The lowest BCUT2D eigenvalue weighted by molar-refractivity contribution is -0.146. The lowest BCUT2D eigenvalue weighted by Crippen LogP contribution is -2.48. The lowest BCUT2D eigenvalue weighted by Gasteiger charge is -2.20. The minimum absolute atomic E-state index is 0.0412. The molecule has 7 nitrogen and oxygen atoms in total. The molecule has 0 fully saturated rings. The van der Waals surface area contributed by atoms with Crippen LogP contribution in [0, 0.1) is 11.8 Å². The maximum absolute atomic E-state index is 12.4. The van der Waals surface area contributed by atoms with Crippen LogP contribution >= 0.6 is 15.9 Å². The number of carboxylic acid groups (broad SMARTS) is 1. The third-order valence-electron chi connectivity index (χ3n) is 3.42. The molecule has 1 aromatic carbocycles. The van der Waals surface area contributed by atoms with Crippen LogP contribution in [0.15, 0.2) is 28.7 Å². The van der Waals surface area contributed by atoms with Crippen LogP contribution in [0.3, 0.4) is 0 Å². The summed E-state index contributed by atoms with van der Waals surface area (Å²) < 4.78 is 0.849. The molecule has 0 aromatic heterocycles. The Bertz CT molecular complexity index is 589. The third-order valence-corrected chi connectivity index (χ3v) is 3.95. The smallest absolute Gasteiger partial charge is 0.326 e. The fourth-order valence-corrected chi connectivity index (χ4v) is 2.47. The molecular weight excluding hydrogens is 380 g/mol.